The van der Waals surface area contributed by atoms with E-state index < -0.39 is 9.84 Å². The minimum Gasteiger partial charge on any atom is -0.382 e. The Bertz CT molecular complexity index is 468. The van der Waals surface area contributed by atoms with Crippen LogP contribution in [0.2, 0.25) is 0 Å². The topological polar surface area (TPSA) is 85.1 Å². The molecule has 17 heavy (non-hydrogen) atoms. The van der Waals surface area contributed by atoms with Crippen molar-refractivity contribution in [2.24, 2.45) is 0 Å². The molecule has 1 atom stereocenters. The monoisotopic (exact) mass is 277 g/mol. The van der Waals surface area contributed by atoms with Crippen molar-refractivity contribution >= 4 is 32.2 Å². The molecule has 1 unspecified atom stereocenters. The number of nitrogens with two attached hydrogens (primary N) is 1. The summed E-state index contributed by atoms with van der Waals surface area (Å²) in [5.74, 6) is 0.0892. The van der Waals surface area contributed by atoms with E-state index in [0.29, 0.717) is 5.00 Å². The number of anilines is 2. The number of hydrogen-bond acceptors (Lipinski definition) is 6. The molecule has 0 aliphatic carbocycles. The van der Waals surface area contributed by atoms with Crippen molar-refractivity contribution in [3.8, 4) is 0 Å². The van der Waals surface area contributed by atoms with Crippen LogP contribution in [0.4, 0.5) is 10.8 Å². The first-order valence-electron chi connectivity index (χ1n) is 5.61. The maximum atomic E-state index is 11.6. The van der Waals surface area contributed by atoms with E-state index >= 15 is 0 Å². The smallest absolute Gasteiger partial charge is 0.182 e. The molecule has 0 spiro atoms. The summed E-state index contributed by atoms with van der Waals surface area (Å²) in [6.45, 7) is 4.17. The first-order chi connectivity index (χ1) is 7.90. The molecule has 0 aromatic carbocycles. The quantitative estimate of drug-likeness (QED) is 0.832. The molecule has 0 radical (unpaired) electrons. The predicted molar refractivity (Wildman–Crippen MR) is 72.2 cm³/mol. The first kappa shape index (κ1) is 14.2. The molecule has 0 aliphatic heterocycles. The molecule has 1 rings (SSSR count). The third-order valence-electron chi connectivity index (χ3n) is 2.51. The van der Waals surface area contributed by atoms with Gasteiger partial charge in [0.1, 0.15) is 9.90 Å². The van der Waals surface area contributed by atoms with E-state index in [4.69, 9.17) is 5.73 Å². The summed E-state index contributed by atoms with van der Waals surface area (Å²) < 4.78 is 27.1. The molecule has 3 N–H and O–H groups in total. The fourth-order valence-corrected chi connectivity index (χ4v) is 3.79. The van der Waals surface area contributed by atoms with Crippen LogP contribution in [-0.4, -0.2) is 25.1 Å². The average Bonchev–Trinajstić information content (AvgIpc) is 2.58. The zero-order valence-electron chi connectivity index (χ0n) is 10.4. The lowest BCUT2D eigenvalue weighted by Crippen LogP contribution is -2.18. The van der Waals surface area contributed by atoms with Gasteiger partial charge in [-0.2, -0.15) is 4.37 Å². The SMILES string of the molecule is CCCC(CC)Nc1snc(N)c1S(C)(=O)=O. The third-order valence-corrected chi connectivity index (χ3v) is 4.59. The van der Waals surface area contributed by atoms with Crippen LogP contribution in [0.15, 0.2) is 4.90 Å². The minimum absolute atomic E-state index is 0.0892. The molecule has 5 nitrogen and oxygen atoms in total. The number of sulfone groups is 1. The highest BCUT2D eigenvalue weighted by molar-refractivity contribution is 7.91. The van der Waals surface area contributed by atoms with Crippen LogP contribution >= 0.6 is 11.5 Å². The molecule has 1 aromatic heterocycles. The minimum atomic E-state index is -3.33. The Morgan fingerprint density at radius 1 is 1.47 bits per heavy atom. The Labute approximate surface area is 107 Å². The second-order valence-corrected chi connectivity index (χ2v) is 6.76. The van der Waals surface area contributed by atoms with Gasteiger partial charge in [-0.15, -0.1) is 0 Å². The molecule has 0 aliphatic rings. The number of aromatic nitrogens is 1. The molecule has 0 saturated carbocycles. The number of nitrogen functional groups attached to an aromatic ring is 1. The van der Waals surface area contributed by atoms with Gasteiger partial charge < -0.3 is 11.1 Å². The Morgan fingerprint density at radius 3 is 2.59 bits per heavy atom. The van der Waals surface area contributed by atoms with Gasteiger partial charge in [0.2, 0.25) is 0 Å². The fraction of sp³-hybridized carbons (Fsp3) is 0.700. The van der Waals surface area contributed by atoms with Crippen LogP contribution in [0.5, 0.6) is 0 Å². The summed E-state index contributed by atoms with van der Waals surface area (Å²) in [5.41, 5.74) is 5.60. The van der Waals surface area contributed by atoms with Crippen molar-refractivity contribution < 1.29 is 8.42 Å². The van der Waals surface area contributed by atoms with E-state index in [1.807, 2.05) is 0 Å². The number of hydrogen-bond donors (Lipinski definition) is 2. The lowest BCUT2D eigenvalue weighted by Gasteiger charge is -2.16. The summed E-state index contributed by atoms with van der Waals surface area (Å²) in [4.78, 5) is 0.136. The van der Waals surface area contributed by atoms with Crippen molar-refractivity contribution in [1.82, 2.24) is 4.37 Å². The van der Waals surface area contributed by atoms with Crippen LogP contribution in [0.1, 0.15) is 33.1 Å². The van der Waals surface area contributed by atoms with Crippen molar-refractivity contribution in [3.63, 3.8) is 0 Å². The lowest BCUT2D eigenvalue weighted by molar-refractivity contribution is 0.601. The molecular weight excluding hydrogens is 258 g/mol. The van der Waals surface area contributed by atoms with Gasteiger partial charge in [0.25, 0.3) is 0 Å². The van der Waals surface area contributed by atoms with Gasteiger partial charge in [0.05, 0.1) is 0 Å². The zero-order chi connectivity index (χ0) is 13.1. The van der Waals surface area contributed by atoms with E-state index in [2.05, 4.69) is 23.5 Å². The maximum Gasteiger partial charge on any atom is 0.182 e. The van der Waals surface area contributed by atoms with Gasteiger partial charge in [0, 0.05) is 12.3 Å². The largest absolute Gasteiger partial charge is 0.382 e. The van der Waals surface area contributed by atoms with E-state index in [0.717, 1.165) is 37.1 Å². The van der Waals surface area contributed by atoms with Gasteiger partial charge >= 0.3 is 0 Å². The van der Waals surface area contributed by atoms with Crippen LogP contribution in [0.25, 0.3) is 0 Å². The lowest BCUT2D eigenvalue weighted by atomic mass is 10.1. The highest BCUT2D eigenvalue weighted by atomic mass is 32.2. The molecule has 1 aromatic rings. The van der Waals surface area contributed by atoms with Gasteiger partial charge in [-0.3, -0.25) is 0 Å². The van der Waals surface area contributed by atoms with E-state index in [1.165, 1.54) is 0 Å². The van der Waals surface area contributed by atoms with E-state index in [9.17, 15) is 8.42 Å². The van der Waals surface area contributed by atoms with Crippen LogP contribution in [0, 0.1) is 0 Å². The molecule has 0 saturated heterocycles. The van der Waals surface area contributed by atoms with E-state index in [1.54, 1.807) is 0 Å². The number of rotatable bonds is 6. The molecule has 0 amide bonds. The normalized spacial score (nSPS) is 13.6. The second-order valence-electron chi connectivity index (χ2n) is 4.04. The van der Waals surface area contributed by atoms with Crippen LogP contribution in [0.3, 0.4) is 0 Å². The van der Waals surface area contributed by atoms with Crippen molar-refractivity contribution in [2.45, 2.75) is 44.0 Å². The Morgan fingerprint density at radius 2 is 2.12 bits per heavy atom. The molecule has 7 heteroatoms. The number of nitrogens with zero attached hydrogens (tertiary/aromatic N) is 1. The Kier molecular flexibility index (Phi) is 4.76. The van der Waals surface area contributed by atoms with Gasteiger partial charge in [-0.25, -0.2) is 8.42 Å². The fourth-order valence-electron chi connectivity index (χ4n) is 1.66. The van der Waals surface area contributed by atoms with Crippen molar-refractivity contribution in [3.05, 3.63) is 0 Å². The summed E-state index contributed by atoms with van der Waals surface area (Å²) in [6, 6.07) is 0.264. The third kappa shape index (κ3) is 3.57. The molecule has 1 heterocycles. The summed E-state index contributed by atoms with van der Waals surface area (Å²) in [6.07, 6.45) is 4.14. The molecule has 0 bridgehead atoms. The van der Waals surface area contributed by atoms with Crippen molar-refractivity contribution in [1.29, 1.82) is 0 Å². The molecule has 0 fully saturated rings. The Balaban J connectivity index is 3.00. The Hall–Kier alpha value is -0.820. The predicted octanol–water partition coefficient (Wildman–Crippen LogP) is 2.12. The first-order valence-corrected chi connectivity index (χ1v) is 8.28. The second kappa shape index (κ2) is 5.68. The average molecular weight is 277 g/mol. The van der Waals surface area contributed by atoms with Crippen LogP contribution in [-0.2, 0) is 9.84 Å². The van der Waals surface area contributed by atoms with Crippen molar-refractivity contribution in [2.75, 3.05) is 17.3 Å². The summed E-state index contributed by atoms with van der Waals surface area (Å²) in [7, 11) is -3.33. The molecule has 98 valence electrons. The van der Waals surface area contributed by atoms with Gasteiger partial charge in [0.15, 0.2) is 15.7 Å². The molecular formula is C10H19N3O2S2. The van der Waals surface area contributed by atoms with E-state index in [-0.39, 0.29) is 16.8 Å². The van der Waals surface area contributed by atoms with Gasteiger partial charge in [-0.1, -0.05) is 20.3 Å². The van der Waals surface area contributed by atoms with Gasteiger partial charge in [-0.05, 0) is 24.4 Å². The standard InChI is InChI=1S/C10H19N3O2S2/c1-4-6-7(5-2)12-10-8(17(3,14)15)9(11)13-16-10/h7,12H,4-6H2,1-3H3,(H2,11,13). The zero-order valence-corrected chi connectivity index (χ0v) is 12.0. The highest BCUT2D eigenvalue weighted by Crippen LogP contribution is 2.32. The van der Waals surface area contributed by atoms with Crippen LogP contribution < -0.4 is 11.1 Å². The highest BCUT2D eigenvalue weighted by Gasteiger charge is 2.22. The summed E-state index contributed by atoms with van der Waals surface area (Å²) in [5, 5.41) is 3.78. The summed E-state index contributed by atoms with van der Waals surface area (Å²) >= 11 is 1.11. The number of nitrogens with one attached hydrogen (secondary N) is 1. The maximum absolute atomic E-state index is 11.6.